The first kappa shape index (κ1) is 8.24. The summed E-state index contributed by atoms with van der Waals surface area (Å²) in [5, 5.41) is 14.5. The molecule has 1 heterocycles. The van der Waals surface area contributed by atoms with Gasteiger partial charge in [-0.1, -0.05) is 30.3 Å². The lowest BCUT2D eigenvalue weighted by molar-refractivity contribution is 0.360. The van der Waals surface area contributed by atoms with Crippen LogP contribution in [0.1, 0.15) is 0 Å². The second kappa shape index (κ2) is 2.95. The molecule has 0 aliphatic carbocycles. The van der Waals surface area contributed by atoms with E-state index in [0.717, 1.165) is 21.7 Å². The van der Waals surface area contributed by atoms with Crippen molar-refractivity contribution < 1.29 is 5.11 Å². The van der Waals surface area contributed by atoms with Crippen LogP contribution in [0.2, 0.25) is 0 Å². The molecule has 0 unspecified atom stereocenters. The number of nitrogens with zero attached hydrogens (tertiary/aromatic N) is 1. The molecule has 0 amide bonds. The molecule has 0 bridgehead atoms. The van der Waals surface area contributed by atoms with E-state index in [1.807, 2.05) is 30.3 Å². The smallest absolute Gasteiger partial charge is 0.188 e. The minimum Gasteiger partial charge on any atom is -0.289 e. The Bertz CT molecular complexity index is 646. The van der Waals surface area contributed by atoms with Crippen LogP contribution in [0.25, 0.3) is 21.7 Å². The summed E-state index contributed by atoms with van der Waals surface area (Å²) in [6.45, 7) is 0. The van der Waals surface area contributed by atoms with Crippen LogP contribution in [-0.4, -0.2) is 4.98 Å². The van der Waals surface area contributed by atoms with E-state index in [9.17, 15) is 5.11 Å². The fourth-order valence-electron chi connectivity index (χ4n) is 1.87. The molecule has 0 fully saturated rings. The molecule has 2 heteroatoms. The Morgan fingerprint density at radius 2 is 1.80 bits per heavy atom. The lowest BCUT2D eigenvalue weighted by Gasteiger charge is -2.02. The van der Waals surface area contributed by atoms with Crippen LogP contribution in [0.15, 0.2) is 48.7 Å². The average Bonchev–Trinajstić information content (AvgIpc) is 2.29. The second-order valence-electron chi connectivity index (χ2n) is 3.50. The Kier molecular flexibility index (Phi) is 1.62. The molecule has 2 nitrogen and oxygen atoms in total. The van der Waals surface area contributed by atoms with Crippen molar-refractivity contribution in [2.45, 2.75) is 0 Å². The van der Waals surface area contributed by atoms with Crippen molar-refractivity contribution in [1.29, 1.82) is 0 Å². The molecule has 3 rings (SSSR count). The van der Waals surface area contributed by atoms with Crippen molar-refractivity contribution in [3.05, 3.63) is 48.7 Å². The predicted octanol–water partition coefficient (Wildman–Crippen LogP) is 3.53. The molecule has 0 atom stereocenters. The van der Waals surface area contributed by atoms with Gasteiger partial charge in [-0.3, -0.25) is 10.1 Å². The first-order chi connectivity index (χ1) is 7.36. The van der Waals surface area contributed by atoms with Gasteiger partial charge in [-0.2, -0.15) is 0 Å². The van der Waals surface area contributed by atoms with Crippen LogP contribution in [0.4, 0.5) is 0 Å². The number of pyridine rings is 1. The van der Waals surface area contributed by atoms with Gasteiger partial charge in [-0.15, -0.1) is 0 Å². The Hall–Kier alpha value is -2.09. The summed E-state index contributed by atoms with van der Waals surface area (Å²) >= 11 is 0. The maximum atomic E-state index is 11.8. The van der Waals surface area contributed by atoms with E-state index in [0.29, 0.717) is 0 Å². The first-order valence-electron chi connectivity index (χ1n) is 4.80. The van der Waals surface area contributed by atoms with Gasteiger partial charge in [0.1, 0.15) is 0 Å². The zero-order valence-electron chi connectivity index (χ0n) is 7.97. The summed E-state index contributed by atoms with van der Waals surface area (Å²) in [5.41, 5.74) is 0.765. The van der Waals surface area contributed by atoms with E-state index in [-0.39, 0.29) is 5.75 Å². The molecule has 1 aromatic heterocycles. The zero-order valence-corrected chi connectivity index (χ0v) is 7.97. The molecule has 0 spiro atoms. The topological polar surface area (TPSA) is 32.8 Å². The molecule has 0 saturated carbocycles. The number of rotatable bonds is 0. The van der Waals surface area contributed by atoms with Gasteiger partial charge < -0.3 is 0 Å². The Labute approximate surface area is 86.8 Å². The van der Waals surface area contributed by atoms with Crippen molar-refractivity contribution in [1.82, 2.24) is 4.98 Å². The number of aromatic nitrogens is 1. The number of hydrogen-bond donors (Lipinski definition) is 0. The molecule has 0 saturated heterocycles. The third-order valence-electron chi connectivity index (χ3n) is 2.58. The highest BCUT2D eigenvalue weighted by Crippen LogP contribution is 2.30. The highest BCUT2D eigenvalue weighted by molar-refractivity contribution is 6.08. The van der Waals surface area contributed by atoms with Gasteiger partial charge in [-0.25, -0.2) is 0 Å². The third kappa shape index (κ3) is 1.15. The largest absolute Gasteiger partial charge is 0.289 e. The molecular formula is C13H8NO. The van der Waals surface area contributed by atoms with E-state index in [1.54, 1.807) is 18.3 Å². The SMILES string of the molecule is [O]c1cccc2ncc3ccccc3c12. The van der Waals surface area contributed by atoms with Crippen molar-refractivity contribution in [3.8, 4) is 5.75 Å². The Balaban J connectivity index is 2.64. The molecule has 0 aliphatic rings. The van der Waals surface area contributed by atoms with Gasteiger partial charge >= 0.3 is 0 Å². The summed E-state index contributed by atoms with van der Waals surface area (Å²) in [6, 6.07) is 13.0. The third-order valence-corrected chi connectivity index (χ3v) is 2.58. The molecule has 3 aromatic rings. The maximum absolute atomic E-state index is 11.8. The predicted molar refractivity (Wildman–Crippen MR) is 59.4 cm³/mol. The van der Waals surface area contributed by atoms with Gasteiger partial charge in [0.25, 0.3) is 0 Å². The summed E-state index contributed by atoms with van der Waals surface area (Å²) in [6.07, 6.45) is 1.80. The monoisotopic (exact) mass is 194 g/mol. The minimum absolute atomic E-state index is 0.0387. The van der Waals surface area contributed by atoms with Crippen LogP contribution >= 0.6 is 0 Å². The zero-order chi connectivity index (χ0) is 10.3. The lowest BCUT2D eigenvalue weighted by Crippen LogP contribution is -1.81. The minimum atomic E-state index is 0.0387. The summed E-state index contributed by atoms with van der Waals surface area (Å²) < 4.78 is 0. The number of hydrogen-bond acceptors (Lipinski definition) is 1. The molecular weight excluding hydrogens is 186 g/mol. The van der Waals surface area contributed by atoms with Gasteiger partial charge in [0.05, 0.1) is 10.9 Å². The van der Waals surface area contributed by atoms with E-state index in [2.05, 4.69) is 4.98 Å². The molecule has 0 aliphatic heterocycles. The first-order valence-corrected chi connectivity index (χ1v) is 4.80. The van der Waals surface area contributed by atoms with E-state index < -0.39 is 0 Å². The molecule has 1 radical (unpaired) electrons. The number of fused-ring (bicyclic) bond motifs is 3. The van der Waals surface area contributed by atoms with Crippen LogP contribution in [0.5, 0.6) is 5.75 Å². The Morgan fingerprint density at radius 3 is 2.73 bits per heavy atom. The summed E-state index contributed by atoms with van der Waals surface area (Å²) in [5.74, 6) is 0.0387. The highest BCUT2D eigenvalue weighted by atomic mass is 16.3. The van der Waals surface area contributed by atoms with Crippen LogP contribution in [-0.2, 0) is 5.11 Å². The van der Waals surface area contributed by atoms with Crippen molar-refractivity contribution >= 4 is 21.7 Å². The van der Waals surface area contributed by atoms with Crippen molar-refractivity contribution in [3.63, 3.8) is 0 Å². The van der Waals surface area contributed by atoms with E-state index in [1.165, 1.54) is 0 Å². The van der Waals surface area contributed by atoms with Crippen molar-refractivity contribution in [2.75, 3.05) is 0 Å². The quantitative estimate of drug-likeness (QED) is 0.504. The fourth-order valence-corrected chi connectivity index (χ4v) is 1.87. The maximum Gasteiger partial charge on any atom is 0.188 e. The van der Waals surface area contributed by atoms with E-state index in [4.69, 9.17) is 0 Å². The van der Waals surface area contributed by atoms with Crippen LogP contribution in [0.3, 0.4) is 0 Å². The molecule has 71 valence electrons. The molecule has 15 heavy (non-hydrogen) atoms. The molecule has 2 aromatic carbocycles. The van der Waals surface area contributed by atoms with Crippen LogP contribution < -0.4 is 0 Å². The fraction of sp³-hybridized carbons (Fsp3) is 0. The second-order valence-corrected chi connectivity index (χ2v) is 3.50. The van der Waals surface area contributed by atoms with Gasteiger partial charge in [0.15, 0.2) is 5.75 Å². The number of benzene rings is 2. The van der Waals surface area contributed by atoms with Gasteiger partial charge in [0, 0.05) is 11.6 Å². The van der Waals surface area contributed by atoms with Crippen LogP contribution in [0, 0.1) is 0 Å². The standard InChI is InChI=1S/C13H8NO/c15-12-7-3-6-11-13(12)10-5-2-1-4-9(10)8-14-11/h1-8H. The Morgan fingerprint density at radius 1 is 0.933 bits per heavy atom. The van der Waals surface area contributed by atoms with Gasteiger partial charge in [0.2, 0.25) is 0 Å². The normalized spacial score (nSPS) is 10.9. The summed E-state index contributed by atoms with van der Waals surface area (Å²) in [4.78, 5) is 4.27. The molecule has 0 N–H and O–H groups in total. The van der Waals surface area contributed by atoms with Crippen molar-refractivity contribution in [2.24, 2.45) is 0 Å². The van der Waals surface area contributed by atoms with Gasteiger partial charge in [-0.05, 0) is 17.5 Å². The average molecular weight is 194 g/mol. The lowest BCUT2D eigenvalue weighted by atomic mass is 10.1. The van der Waals surface area contributed by atoms with E-state index >= 15 is 0 Å². The summed E-state index contributed by atoms with van der Waals surface area (Å²) in [7, 11) is 0. The highest BCUT2D eigenvalue weighted by Gasteiger charge is 2.05.